The summed E-state index contributed by atoms with van der Waals surface area (Å²) in [4.78, 5) is 16.2. The van der Waals surface area contributed by atoms with Crippen LogP contribution in [0.5, 0.6) is 0 Å². The van der Waals surface area contributed by atoms with E-state index in [2.05, 4.69) is 53.1 Å². The zero-order valence-corrected chi connectivity index (χ0v) is 16.8. The number of hydrogen-bond acceptors (Lipinski definition) is 3. The highest BCUT2D eigenvalue weighted by molar-refractivity contribution is 5.91. The van der Waals surface area contributed by atoms with Gasteiger partial charge in [0.15, 0.2) is 0 Å². The smallest absolute Gasteiger partial charge is 0.267 e. The third-order valence-electron chi connectivity index (χ3n) is 5.33. The molecular weight excluding hydrogens is 374 g/mol. The van der Waals surface area contributed by atoms with E-state index in [-0.39, 0.29) is 0 Å². The molecule has 0 unspecified atom stereocenters. The summed E-state index contributed by atoms with van der Waals surface area (Å²) in [7, 11) is 0. The second-order valence-electron chi connectivity index (χ2n) is 7.45. The Balaban J connectivity index is 1.66. The fourth-order valence-electron chi connectivity index (χ4n) is 3.76. The Morgan fingerprint density at radius 3 is 2.80 bits per heavy atom. The minimum absolute atomic E-state index is 0.554. The van der Waals surface area contributed by atoms with Crippen molar-refractivity contribution in [2.24, 2.45) is 0 Å². The second-order valence-corrected chi connectivity index (χ2v) is 7.45. The van der Waals surface area contributed by atoms with E-state index in [1.54, 1.807) is 11.6 Å². The number of rotatable bonds is 7. The fraction of sp³-hybridized carbons (Fsp3) is 0.200. The molecule has 3 aromatic rings. The zero-order valence-electron chi connectivity index (χ0n) is 16.8. The molecule has 1 heterocycles. The van der Waals surface area contributed by atoms with E-state index in [1.807, 2.05) is 18.2 Å². The Kier molecular flexibility index (Phi) is 6.20. The number of carbonyl (C=O) groups excluding carboxylic acids is 1. The summed E-state index contributed by atoms with van der Waals surface area (Å²) >= 11 is 0. The summed E-state index contributed by atoms with van der Waals surface area (Å²) in [6, 6.07) is 16.5. The molecule has 0 spiro atoms. The highest BCUT2D eigenvalue weighted by atomic mass is 16.5. The van der Waals surface area contributed by atoms with Crippen LogP contribution in [-0.2, 0) is 24.2 Å². The van der Waals surface area contributed by atoms with Crippen LogP contribution < -0.4 is 5.48 Å². The van der Waals surface area contributed by atoms with Crippen LogP contribution in [0, 0.1) is 0 Å². The first-order valence-corrected chi connectivity index (χ1v) is 10.2. The van der Waals surface area contributed by atoms with Crippen molar-refractivity contribution < 1.29 is 10.0 Å². The summed E-state index contributed by atoms with van der Waals surface area (Å²) in [6.07, 6.45) is 13.5. The summed E-state index contributed by atoms with van der Waals surface area (Å²) in [6.45, 7) is 0.840. The molecule has 0 radical (unpaired) electrons. The van der Waals surface area contributed by atoms with Crippen molar-refractivity contribution in [3.05, 3.63) is 95.4 Å². The van der Waals surface area contributed by atoms with Crippen molar-refractivity contribution >= 4 is 23.0 Å². The van der Waals surface area contributed by atoms with Crippen LogP contribution in [0.4, 0.5) is 0 Å². The maximum absolute atomic E-state index is 11.3. The molecule has 5 nitrogen and oxygen atoms in total. The van der Waals surface area contributed by atoms with Crippen molar-refractivity contribution in [3.63, 3.8) is 0 Å². The molecule has 1 aliphatic rings. The molecule has 0 fully saturated rings. The largest absolute Gasteiger partial charge is 0.324 e. The maximum Gasteiger partial charge on any atom is 0.267 e. The first-order chi connectivity index (χ1) is 14.7. The summed E-state index contributed by atoms with van der Waals surface area (Å²) in [5.74, 6) is 0.514. The molecule has 0 atom stereocenters. The highest BCUT2D eigenvalue weighted by Gasteiger charge is 2.13. The predicted molar refractivity (Wildman–Crippen MR) is 119 cm³/mol. The second kappa shape index (κ2) is 9.37. The van der Waals surface area contributed by atoms with Gasteiger partial charge in [0.1, 0.15) is 5.82 Å². The number of aromatic nitrogens is 2. The molecule has 2 N–H and O–H groups in total. The molecule has 1 aromatic heterocycles. The molecule has 0 saturated heterocycles. The molecule has 4 rings (SSSR count). The summed E-state index contributed by atoms with van der Waals surface area (Å²) in [5, 5.41) is 8.66. The monoisotopic (exact) mass is 399 g/mol. The molecule has 1 amide bonds. The van der Waals surface area contributed by atoms with E-state index in [4.69, 9.17) is 10.2 Å². The van der Waals surface area contributed by atoms with Gasteiger partial charge in [-0.05, 0) is 48.6 Å². The van der Waals surface area contributed by atoms with Gasteiger partial charge in [-0.25, -0.2) is 10.5 Å². The minimum atomic E-state index is -0.554. The third kappa shape index (κ3) is 4.75. The molecule has 0 aliphatic heterocycles. The van der Waals surface area contributed by atoms with E-state index in [9.17, 15) is 4.79 Å². The summed E-state index contributed by atoms with van der Waals surface area (Å²) < 4.78 is 2.32. The van der Waals surface area contributed by atoms with E-state index >= 15 is 0 Å². The Bertz CT molecular complexity index is 1120. The number of benzene rings is 2. The Morgan fingerprint density at radius 1 is 1.17 bits per heavy atom. The molecule has 152 valence electrons. The fourth-order valence-corrected chi connectivity index (χ4v) is 3.76. The van der Waals surface area contributed by atoms with Crippen molar-refractivity contribution in [1.29, 1.82) is 0 Å². The maximum atomic E-state index is 11.3. The SMILES string of the molecule is O=C(C=Cc1ccc2c(c1)nc(CCc1ccccc1)n2CC1=CC=CCC1)NO. The predicted octanol–water partition coefficient (Wildman–Crippen LogP) is 4.62. The number of fused-ring (bicyclic) bond motifs is 1. The van der Waals surface area contributed by atoms with Crippen LogP contribution in [0.25, 0.3) is 17.1 Å². The van der Waals surface area contributed by atoms with E-state index < -0.39 is 5.91 Å². The first-order valence-electron chi connectivity index (χ1n) is 10.2. The lowest BCUT2D eigenvalue weighted by molar-refractivity contribution is -0.124. The molecule has 30 heavy (non-hydrogen) atoms. The first kappa shape index (κ1) is 19.9. The van der Waals surface area contributed by atoms with Gasteiger partial charge in [0.05, 0.1) is 11.0 Å². The minimum Gasteiger partial charge on any atom is -0.324 e. The average molecular weight is 399 g/mol. The van der Waals surface area contributed by atoms with Gasteiger partial charge in [0.25, 0.3) is 5.91 Å². The number of amides is 1. The van der Waals surface area contributed by atoms with Gasteiger partial charge in [-0.1, -0.05) is 60.2 Å². The van der Waals surface area contributed by atoms with Crippen LogP contribution in [0.1, 0.15) is 29.8 Å². The van der Waals surface area contributed by atoms with Crippen molar-refractivity contribution in [3.8, 4) is 0 Å². The van der Waals surface area contributed by atoms with Crippen LogP contribution in [0.15, 0.2) is 78.4 Å². The number of aryl methyl sites for hydroxylation is 2. The van der Waals surface area contributed by atoms with Gasteiger partial charge in [0, 0.05) is 19.0 Å². The van der Waals surface area contributed by atoms with E-state index in [0.717, 1.165) is 54.6 Å². The number of hydroxylamine groups is 1. The summed E-state index contributed by atoms with van der Waals surface area (Å²) in [5.41, 5.74) is 7.18. The molecule has 2 aromatic carbocycles. The quantitative estimate of drug-likeness (QED) is 0.346. The normalized spacial score (nSPS) is 13.7. The number of nitrogens with one attached hydrogen (secondary N) is 1. The van der Waals surface area contributed by atoms with Gasteiger partial charge < -0.3 is 4.57 Å². The molecule has 0 saturated carbocycles. The van der Waals surface area contributed by atoms with Crippen molar-refractivity contribution in [2.45, 2.75) is 32.2 Å². The average Bonchev–Trinajstić information content (AvgIpc) is 3.14. The van der Waals surface area contributed by atoms with Gasteiger partial charge in [-0.15, -0.1) is 0 Å². The number of hydrogen-bond donors (Lipinski definition) is 2. The third-order valence-corrected chi connectivity index (χ3v) is 5.33. The van der Waals surface area contributed by atoms with E-state index in [1.165, 1.54) is 17.2 Å². The Labute approximate surface area is 176 Å². The zero-order chi connectivity index (χ0) is 20.8. The van der Waals surface area contributed by atoms with Gasteiger partial charge >= 0.3 is 0 Å². The lowest BCUT2D eigenvalue weighted by Gasteiger charge is -2.14. The number of carbonyl (C=O) groups is 1. The van der Waals surface area contributed by atoms with Gasteiger partial charge in [-0.3, -0.25) is 10.0 Å². The lowest BCUT2D eigenvalue weighted by Crippen LogP contribution is -2.14. The van der Waals surface area contributed by atoms with Crippen LogP contribution in [-0.4, -0.2) is 20.7 Å². The van der Waals surface area contributed by atoms with Crippen molar-refractivity contribution in [1.82, 2.24) is 15.0 Å². The standard InChI is InChI=1S/C25H25N3O2/c29-25(27-30)16-13-20-11-14-23-22(17-20)26-24(15-12-19-7-3-1-4-8-19)28(23)18-21-9-5-2-6-10-21/h1-5,7-9,11,13-14,16-17,30H,6,10,12,15,18H2,(H,27,29). The molecule has 1 aliphatic carbocycles. The molecule has 5 heteroatoms. The number of allylic oxidation sites excluding steroid dienone is 4. The van der Waals surface area contributed by atoms with Crippen LogP contribution in [0.3, 0.4) is 0 Å². The number of nitrogens with zero attached hydrogens (tertiary/aromatic N) is 2. The Morgan fingerprint density at radius 2 is 2.03 bits per heavy atom. The lowest BCUT2D eigenvalue weighted by atomic mass is 10.0. The highest BCUT2D eigenvalue weighted by Crippen LogP contribution is 2.23. The molecular formula is C25H25N3O2. The van der Waals surface area contributed by atoms with E-state index in [0.29, 0.717) is 0 Å². The van der Waals surface area contributed by atoms with Gasteiger partial charge in [-0.2, -0.15) is 0 Å². The van der Waals surface area contributed by atoms with Crippen molar-refractivity contribution in [2.75, 3.05) is 0 Å². The molecule has 0 bridgehead atoms. The van der Waals surface area contributed by atoms with Gasteiger partial charge in [0.2, 0.25) is 0 Å². The van der Waals surface area contributed by atoms with Crippen LogP contribution in [0.2, 0.25) is 0 Å². The van der Waals surface area contributed by atoms with Crippen LogP contribution >= 0.6 is 0 Å². The topological polar surface area (TPSA) is 67.2 Å². The number of imidazole rings is 1. The Hall–Kier alpha value is -3.44.